The second-order valence-corrected chi connectivity index (χ2v) is 2.07. The third-order valence-electron chi connectivity index (χ3n) is 1.37. The molecule has 0 saturated carbocycles. The molecule has 0 fully saturated rings. The molecule has 0 unspecified atom stereocenters. The maximum Gasteiger partial charge on any atom is 0.258 e. The minimum absolute atomic E-state index is 0. The molecular formula is C7H10N2O3. The van der Waals surface area contributed by atoms with Crippen LogP contribution in [0.1, 0.15) is 5.56 Å². The summed E-state index contributed by atoms with van der Waals surface area (Å²) in [5, 5.41) is 1.79. The van der Waals surface area contributed by atoms with Crippen molar-refractivity contribution in [3.05, 3.63) is 34.7 Å². The van der Waals surface area contributed by atoms with Crippen molar-refractivity contribution < 1.29 is 15.5 Å². The summed E-state index contributed by atoms with van der Waals surface area (Å²) in [6.45, 7) is 0.241. The number of benzene rings is 1. The van der Waals surface area contributed by atoms with E-state index in [2.05, 4.69) is 4.84 Å². The van der Waals surface area contributed by atoms with E-state index in [1.807, 2.05) is 6.07 Å². The van der Waals surface area contributed by atoms with Gasteiger partial charge in [0.05, 0.1) is 12.2 Å². The van der Waals surface area contributed by atoms with Gasteiger partial charge in [-0.15, -0.1) is 0 Å². The van der Waals surface area contributed by atoms with Gasteiger partial charge < -0.3 is 5.48 Å². The molecule has 5 nitrogen and oxygen atoms in total. The van der Waals surface area contributed by atoms with E-state index < -0.39 is 0 Å². The lowest BCUT2D eigenvalue weighted by atomic mass is 10.2. The number of rotatable bonds is 3. The van der Waals surface area contributed by atoms with E-state index in [9.17, 15) is 4.91 Å². The topological polar surface area (TPSA) is 96.3 Å². The van der Waals surface area contributed by atoms with Crippen molar-refractivity contribution in [3.63, 3.8) is 0 Å². The third kappa shape index (κ3) is 2.39. The van der Waals surface area contributed by atoms with Gasteiger partial charge in [0, 0.05) is 16.2 Å². The first-order valence-electron chi connectivity index (χ1n) is 3.16. The van der Waals surface area contributed by atoms with E-state index in [0.717, 1.165) is 5.56 Å². The smallest absolute Gasteiger partial charge is 0.258 e. The van der Waals surface area contributed by atoms with E-state index in [1.165, 1.54) is 0 Å². The molecule has 4 N–H and O–H groups in total. The van der Waals surface area contributed by atoms with Crippen LogP contribution in [-0.4, -0.2) is 5.48 Å². The third-order valence-corrected chi connectivity index (χ3v) is 1.37. The normalized spacial score (nSPS) is 8.75. The number of nitrogens with one attached hydrogen (secondary N) is 1. The van der Waals surface area contributed by atoms with Gasteiger partial charge in [0.1, 0.15) is 0 Å². The van der Waals surface area contributed by atoms with Crippen molar-refractivity contribution in [1.82, 2.24) is 0 Å². The van der Waals surface area contributed by atoms with Crippen LogP contribution in [0.4, 0.5) is 5.69 Å². The molecule has 0 bridgehead atoms. The van der Waals surface area contributed by atoms with E-state index in [0.29, 0.717) is 5.69 Å². The average molecular weight is 170 g/mol. The zero-order valence-corrected chi connectivity index (χ0v) is 6.36. The Labute approximate surface area is 69.4 Å². The summed E-state index contributed by atoms with van der Waals surface area (Å²) in [6, 6.07) is 7.02. The van der Waals surface area contributed by atoms with Gasteiger partial charge in [-0.3, -0.25) is 4.84 Å². The highest BCUT2D eigenvalue weighted by molar-refractivity contribution is 5.37. The molecule has 1 rings (SSSR count). The fraction of sp³-hybridized carbons (Fsp3) is 0.143. The fourth-order valence-corrected chi connectivity index (χ4v) is 0.836. The van der Waals surface area contributed by atoms with Crippen molar-refractivity contribution in [3.8, 4) is 0 Å². The maximum absolute atomic E-state index is 10.3. The van der Waals surface area contributed by atoms with Gasteiger partial charge in [-0.05, 0) is 6.07 Å². The highest BCUT2D eigenvalue weighted by atomic mass is 16.6. The summed E-state index contributed by atoms with van der Waals surface area (Å²) in [4.78, 5) is 14.7. The molecule has 5 heteroatoms. The number of hydrogen-bond donors (Lipinski definition) is 2. The molecule has 0 aliphatic carbocycles. The SMILES string of the molecule is NOCc1ccccc1[NH+]=O.[OH-]. The zero-order valence-electron chi connectivity index (χ0n) is 6.36. The van der Waals surface area contributed by atoms with Gasteiger partial charge in [0.15, 0.2) is 0 Å². The monoisotopic (exact) mass is 170 g/mol. The van der Waals surface area contributed by atoms with Crippen molar-refractivity contribution in [1.29, 1.82) is 0 Å². The molecule has 0 atom stereocenters. The van der Waals surface area contributed by atoms with Crippen molar-refractivity contribution in [2.45, 2.75) is 6.61 Å². The van der Waals surface area contributed by atoms with Crippen LogP contribution in [0.25, 0.3) is 0 Å². The predicted octanol–water partition coefficient (Wildman–Crippen LogP) is -0.621. The molecule has 1 aromatic carbocycles. The summed E-state index contributed by atoms with van der Waals surface area (Å²) < 4.78 is 0. The van der Waals surface area contributed by atoms with Crippen LogP contribution < -0.4 is 11.1 Å². The quantitative estimate of drug-likeness (QED) is 0.591. The summed E-state index contributed by atoms with van der Waals surface area (Å²) in [5.74, 6) is 4.85. The second kappa shape index (κ2) is 5.36. The van der Waals surface area contributed by atoms with Gasteiger partial charge in [0.25, 0.3) is 5.69 Å². The second-order valence-electron chi connectivity index (χ2n) is 2.07. The number of nitrogens with two attached hydrogens (primary N) is 1. The molecule has 1 aromatic rings. The Hall–Kier alpha value is -1.30. The number of hydrogen-bond acceptors (Lipinski definition) is 4. The summed E-state index contributed by atoms with van der Waals surface area (Å²) in [5.41, 5.74) is 1.25. The van der Waals surface area contributed by atoms with Crippen LogP contribution in [0.3, 0.4) is 0 Å². The molecule has 0 amide bonds. The molecule has 12 heavy (non-hydrogen) atoms. The zero-order chi connectivity index (χ0) is 8.10. The Morgan fingerprint density at radius 3 is 2.67 bits per heavy atom. The Morgan fingerprint density at radius 1 is 1.42 bits per heavy atom. The number of nitroso groups, excluding NO2 is 1. The van der Waals surface area contributed by atoms with Gasteiger partial charge in [0.2, 0.25) is 0 Å². The van der Waals surface area contributed by atoms with Gasteiger partial charge in [-0.2, -0.15) is 0 Å². The first kappa shape index (κ1) is 10.7. The van der Waals surface area contributed by atoms with Crippen molar-refractivity contribution in [2.75, 3.05) is 0 Å². The highest BCUT2D eigenvalue weighted by Gasteiger charge is 2.05. The Morgan fingerprint density at radius 2 is 2.08 bits per heavy atom. The largest absolute Gasteiger partial charge is 0.870 e. The van der Waals surface area contributed by atoms with E-state index >= 15 is 0 Å². The van der Waals surface area contributed by atoms with E-state index in [4.69, 9.17) is 5.90 Å². The Kier molecular flexibility index (Phi) is 4.78. The molecule has 0 radical (unpaired) electrons. The standard InChI is InChI=1S/C7H8N2O2.H2O/c8-11-5-6-3-1-2-4-7(6)9-10;/h1-4H,5,8H2;1H2. The van der Waals surface area contributed by atoms with Gasteiger partial charge in [-0.1, -0.05) is 12.1 Å². The fourth-order valence-electron chi connectivity index (χ4n) is 0.836. The number of para-hydroxylation sites is 1. The van der Waals surface area contributed by atoms with Gasteiger partial charge in [-0.25, -0.2) is 5.90 Å². The first-order chi connectivity index (χ1) is 5.38. The van der Waals surface area contributed by atoms with E-state index in [1.54, 1.807) is 23.4 Å². The summed E-state index contributed by atoms with van der Waals surface area (Å²) >= 11 is 0. The molecule has 0 heterocycles. The lowest BCUT2D eigenvalue weighted by Crippen LogP contribution is -2.56. The molecule has 0 aliphatic heterocycles. The maximum atomic E-state index is 10.3. The van der Waals surface area contributed by atoms with Crippen molar-refractivity contribution in [2.24, 2.45) is 5.90 Å². The first-order valence-corrected chi connectivity index (χ1v) is 3.16. The summed E-state index contributed by atoms with van der Waals surface area (Å²) in [6.07, 6.45) is 0. The van der Waals surface area contributed by atoms with Crippen LogP contribution in [0.2, 0.25) is 0 Å². The van der Waals surface area contributed by atoms with Crippen LogP contribution >= 0.6 is 0 Å². The average Bonchev–Trinajstić information content (AvgIpc) is 2.06. The van der Waals surface area contributed by atoms with E-state index in [-0.39, 0.29) is 12.1 Å². The van der Waals surface area contributed by atoms with Crippen LogP contribution in [0, 0.1) is 4.91 Å². The molecule has 66 valence electrons. The molecular weight excluding hydrogens is 160 g/mol. The lowest BCUT2D eigenvalue weighted by Gasteiger charge is -1.95. The Bertz CT molecular complexity index is 252. The lowest BCUT2D eigenvalue weighted by molar-refractivity contribution is -0.380. The van der Waals surface area contributed by atoms with Gasteiger partial charge >= 0.3 is 0 Å². The van der Waals surface area contributed by atoms with Crippen LogP contribution in [0.5, 0.6) is 0 Å². The van der Waals surface area contributed by atoms with Crippen molar-refractivity contribution >= 4 is 5.69 Å². The summed E-state index contributed by atoms with van der Waals surface area (Å²) in [7, 11) is 0. The van der Waals surface area contributed by atoms with Crippen LogP contribution in [-0.2, 0) is 11.4 Å². The molecule has 0 aliphatic rings. The molecule has 0 aromatic heterocycles. The minimum Gasteiger partial charge on any atom is -0.870 e. The molecule has 0 spiro atoms. The van der Waals surface area contributed by atoms with Crippen LogP contribution in [0.15, 0.2) is 24.3 Å². The predicted molar refractivity (Wildman–Crippen MR) is 41.3 cm³/mol. The Balaban J connectivity index is 0.00000121. The molecule has 0 saturated heterocycles. The highest BCUT2D eigenvalue weighted by Crippen LogP contribution is 2.08. The minimum atomic E-state index is 0.